The molecule has 31 heavy (non-hydrogen) atoms. The summed E-state index contributed by atoms with van der Waals surface area (Å²) in [6.45, 7) is 5.00. The SMILES string of the molecule is Cc1c(CNS(=O)(=O)c2ccc(Cl)cc2)c(-n2cccc2)n(Cc2ccccc2)c1C. The number of benzene rings is 2. The number of hydrogen-bond acceptors (Lipinski definition) is 2. The van der Waals surface area contributed by atoms with Gasteiger partial charge in [0.1, 0.15) is 5.82 Å². The fourth-order valence-corrected chi connectivity index (χ4v) is 4.84. The molecule has 5 nitrogen and oxygen atoms in total. The van der Waals surface area contributed by atoms with E-state index in [-0.39, 0.29) is 11.4 Å². The maximum Gasteiger partial charge on any atom is 0.240 e. The standard InChI is InChI=1S/C24H24ClN3O2S/c1-18-19(2)28(17-20-8-4-3-5-9-20)24(27-14-6-7-15-27)23(18)16-26-31(29,30)22-12-10-21(25)11-13-22/h3-15,26H,16-17H2,1-2H3. The molecule has 160 valence electrons. The third kappa shape index (κ3) is 4.46. The number of aromatic nitrogens is 2. The van der Waals surface area contributed by atoms with Crippen molar-refractivity contribution >= 4 is 21.6 Å². The van der Waals surface area contributed by atoms with Crippen LogP contribution in [0.2, 0.25) is 5.02 Å². The third-order valence-electron chi connectivity index (χ3n) is 5.52. The van der Waals surface area contributed by atoms with Gasteiger partial charge in [-0.1, -0.05) is 41.9 Å². The summed E-state index contributed by atoms with van der Waals surface area (Å²) in [5.41, 5.74) is 4.30. The molecule has 0 fully saturated rings. The molecule has 2 aromatic carbocycles. The topological polar surface area (TPSA) is 56.0 Å². The van der Waals surface area contributed by atoms with Gasteiger partial charge in [-0.3, -0.25) is 0 Å². The van der Waals surface area contributed by atoms with Crippen LogP contribution in [-0.4, -0.2) is 17.6 Å². The number of hydrogen-bond donors (Lipinski definition) is 1. The molecule has 0 radical (unpaired) electrons. The third-order valence-corrected chi connectivity index (χ3v) is 7.19. The van der Waals surface area contributed by atoms with E-state index in [0.717, 1.165) is 22.6 Å². The lowest BCUT2D eigenvalue weighted by atomic mass is 10.1. The highest BCUT2D eigenvalue weighted by Crippen LogP contribution is 2.27. The lowest BCUT2D eigenvalue weighted by molar-refractivity contribution is 0.581. The smallest absolute Gasteiger partial charge is 0.240 e. The second-order valence-electron chi connectivity index (χ2n) is 7.45. The molecule has 0 spiro atoms. The van der Waals surface area contributed by atoms with Crippen LogP contribution in [0.5, 0.6) is 0 Å². The molecular weight excluding hydrogens is 430 g/mol. The van der Waals surface area contributed by atoms with Crippen LogP contribution in [0.15, 0.2) is 84.0 Å². The Hall–Kier alpha value is -2.80. The normalized spacial score (nSPS) is 11.7. The van der Waals surface area contributed by atoms with Crippen LogP contribution in [0.1, 0.15) is 22.4 Å². The number of rotatable bonds is 7. The lowest BCUT2D eigenvalue weighted by Gasteiger charge is -2.15. The fourth-order valence-electron chi connectivity index (χ4n) is 3.72. The largest absolute Gasteiger partial charge is 0.327 e. The lowest BCUT2D eigenvalue weighted by Crippen LogP contribution is -2.24. The molecular formula is C24H24ClN3O2S. The molecule has 2 heterocycles. The van der Waals surface area contributed by atoms with Crippen LogP contribution in [0.25, 0.3) is 5.82 Å². The van der Waals surface area contributed by atoms with Crippen molar-refractivity contribution in [3.8, 4) is 5.82 Å². The van der Waals surface area contributed by atoms with Crippen molar-refractivity contribution in [1.29, 1.82) is 0 Å². The van der Waals surface area contributed by atoms with E-state index in [2.05, 4.69) is 28.3 Å². The summed E-state index contributed by atoms with van der Waals surface area (Å²) in [4.78, 5) is 0.192. The van der Waals surface area contributed by atoms with Crippen LogP contribution in [0.3, 0.4) is 0 Å². The van der Waals surface area contributed by atoms with Gasteiger partial charge in [-0.25, -0.2) is 13.1 Å². The van der Waals surface area contributed by atoms with Crippen molar-refractivity contribution in [2.45, 2.75) is 31.8 Å². The molecule has 0 amide bonds. The minimum absolute atomic E-state index is 0.187. The van der Waals surface area contributed by atoms with Gasteiger partial charge in [-0.2, -0.15) is 0 Å². The highest BCUT2D eigenvalue weighted by Gasteiger charge is 2.21. The fraction of sp³-hybridized carbons (Fsp3) is 0.167. The van der Waals surface area contributed by atoms with Crippen LogP contribution >= 0.6 is 11.6 Å². The van der Waals surface area contributed by atoms with E-state index in [4.69, 9.17) is 11.6 Å². The summed E-state index contributed by atoms with van der Waals surface area (Å²) in [6, 6.07) is 20.3. The van der Waals surface area contributed by atoms with Crippen molar-refractivity contribution in [3.05, 3.63) is 107 Å². The van der Waals surface area contributed by atoms with Crippen LogP contribution in [0.4, 0.5) is 0 Å². The van der Waals surface area contributed by atoms with Crippen molar-refractivity contribution in [3.63, 3.8) is 0 Å². The van der Waals surface area contributed by atoms with Crippen molar-refractivity contribution in [2.75, 3.05) is 0 Å². The molecule has 4 rings (SSSR count). The zero-order valence-electron chi connectivity index (χ0n) is 17.4. The summed E-state index contributed by atoms with van der Waals surface area (Å²) < 4.78 is 32.7. The maximum atomic E-state index is 12.8. The molecule has 0 unspecified atom stereocenters. The van der Waals surface area contributed by atoms with Crippen molar-refractivity contribution in [2.24, 2.45) is 0 Å². The molecule has 0 aliphatic carbocycles. The Labute approximate surface area is 188 Å². The zero-order valence-corrected chi connectivity index (χ0v) is 19.0. The molecule has 0 bridgehead atoms. The summed E-state index contributed by atoms with van der Waals surface area (Å²) >= 11 is 5.90. The van der Waals surface area contributed by atoms with Gasteiger partial charge in [0.15, 0.2) is 0 Å². The van der Waals surface area contributed by atoms with E-state index < -0.39 is 10.0 Å². The van der Waals surface area contributed by atoms with Gasteiger partial charge in [-0.05, 0) is 61.4 Å². The minimum Gasteiger partial charge on any atom is -0.327 e. The number of nitrogens with one attached hydrogen (secondary N) is 1. The first kappa shape index (κ1) is 21.4. The first-order chi connectivity index (χ1) is 14.9. The first-order valence-electron chi connectivity index (χ1n) is 9.98. The maximum absolute atomic E-state index is 12.8. The van der Waals surface area contributed by atoms with Crippen LogP contribution in [0, 0.1) is 13.8 Å². The predicted molar refractivity (Wildman–Crippen MR) is 124 cm³/mol. The Balaban J connectivity index is 1.72. The number of halogens is 1. The van der Waals surface area contributed by atoms with E-state index in [1.165, 1.54) is 17.7 Å². The second-order valence-corrected chi connectivity index (χ2v) is 9.66. The van der Waals surface area contributed by atoms with Crippen molar-refractivity contribution in [1.82, 2.24) is 13.9 Å². The Morgan fingerprint density at radius 2 is 1.55 bits per heavy atom. The molecule has 4 aromatic rings. The van der Waals surface area contributed by atoms with E-state index in [1.807, 2.05) is 54.2 Å². The Kier molecular flexibility index (Phi) is 6.05. The number of nitrogens with zero attached hydrogens (tertiary/aromatic N) is 2. The van der Waals surface area contributed by atoms with Crippen LogP contribution in [-0.2, 0) is 23.1 Å². The molecule has 2 aromatic heterocycles. The van der Waals surface area contributed by atoms with Gasteiger partial charge in [0.2, 0.25) is 10.0 Å². The van der Waals surface area contributed by atoms with E-state index in [0.29, 0.717) is 11.6 Å². The highest BCUT2D eigenvalue weighted by atomic mass is 35.5. The van der Waals surface area contributed by atoms with Gasteiger partial charge in [0.05, 0.1) is 4.90 Å². The first-order valence-corrected chi connectivity index (χ1v) is 11.8. The van der Waals surface area contributed by atoms with E-state index >= 15 is 0 Å². The predicted octanol–water partition coefficient (Wildman–Crippen LogP) is 5.08. The Morgan fingerprint density at radius 1 is 0.903 bits per heavy atom. The van der Waals surface area contributed by atoms with E-state index in [9.17, 15) is 8.42 Å². The Morgan fingerprint density at radius 3 is 2.19 bits per heavy atom. The van der Waals surface area contributed by atoms with Gasteiger partial charge >= 0.3 is 0 Å². The zero-order chi connectivity index (χ0) is 22.0. The quantitative estimate of drug-likeness (QED) is 0.424. The average molecular weight is 454 g/mol. The van der Waals surface area contributed by atoms with Crippen molar-refractivity contribution < 1.29 is 8.42 Å². The van der Waals surface area contributed by atoms with E-state index in [1.54, 1.807) is 12.1 Å². The summed E-state index contributed by atoms with van der Waals surface area (Å²) in [7, 11) is -3.67. The monoisotopic (exact) mass is 453 g/mol. The molecule has 0 saturated carbocycles. The molecule has 0 aliphatic heterocycles. The molecule has 0 atom stereocenters. The molecule has 0 aliphatic rings. The average Bonchev–Trinajstić information content (AvgIpc) is 3.36. The Bertz CT molecular complexity index is 1280. The summed E-state index contributed by atoms with van der Waals surface area (Å²) in [5.74, 6) is 0.961. The van der Waals surface area contributed by atoms with Gasteiger partial charge < -0.3 is 9.13 Å². The van der Waals surface area contributed by atoms with Gasteiger partial charge in [0.25, 0.3) is 0 Å². The molecule has 1 N–H and O–H groups in total. The summed E-state index contributed by atoms with van der Waals surface area (Å²) in [6.07, 6.45) is 3.96. The highest BCUT2D eigenvalue weighted by molar-refractivity contribution is 7.89. The van der Waals surface area contributed by atoms with Gasteiger partial charge in [0, 0.05) is 41.8 Å². The summed E-state index contributed by atoms with van der Waals surface area (Å²) in [5, 5.41) is 0.498. The van der Waals surface area contributed by atoms with Crippen LogP contribution < -0.4 is 4.72 Å². The molecule has 7 heteroatoms. The number of sulfonamides is 1. The molecule has 0 saturated heterocycles. The second kappa shape index (κ2) is 8.75. The minimum atomic E-state index is -3.67. The van der Waals surface area contributed by atoms with Gasteiger partial charge in [-0.15, -0.1) is 0 Å².